The zero-order chi connectivity index (χ0) is 23.2. The van der Waals surface area contributed by atoms with E-state index in [-0.39, 0.29) is 29.3 Å². The molecule has 0 fully saturated rings. The van der Waals surface area contributed by atoms with Crippen molar-refractivity contribution in [2.75, 3.05) is 5.32 Å². The highest BCUT2D eigenvalue weighted by Gasteiger charge is 2.38. The van der Waals surface area contributed by atoms with Gasteiger partial charge in [0.2, 0.25) is 0 Å². The highest BCUT2D eigenvalue weighted by atomic mass is 79.9. The molecule has 0 spiro atoms. The molecule has 1 amide bonds. The summed E-state index contributed by atoms with van der Waals surface area (Å²) in [6, 6.07) is 2.34. The van der Waals surface area contributed by atoms with Crippen LogP contribution in [0.5, 0.6) is 5.75 Å². The third-order valence-corrected chi connectivity index (χ3v) is 5.26. The molecule has 0 aromatic heterocycles. The number of aromatic hydroxyl groups is 1. The van der Waals surface area contributed by atoms with Gasteiger partial charge in [0, 0.05) is 10.0 Å². The van der Waals surface area contributed by atoms with Crippen LogP contribution in [0.3, 0.4) is 0 Å². The number of rotatable bonds is 2. The summed E-state index contributed by atoms with van der Waals surface area (Å²) >= 11 is 3.24. The first-order valence-corrected chi connectivity index (χ1v) is 9.36. The smallest absolute Gasteiger partial charge is 0.418 e. The van der Waals surface area contributed by atoms with E-state index in [1.54, 1.807) is 26.8 Å². The third kappa shape index (κ3) is 4.91. The minimum Gasteiger partial charge on any atom is -0.507 e. The average molecular weight is 498 g/mol. The maximum absolute atomic E-state index is 13.3. The van der Waals surface area contributed by atoms with Gasteiger partial charge in [0.05, 0.1) is 22.4 Å². The van der Waals surface area contributed by atoms with Crippen LogP contribution in [0.2, 0.25) is 0 Å². The third-order valence-electron chi connectivity index (χ3n) is 4.43. The van der Waals surface area contributed by atoms with Crippen LogP contribution in [0.25, 0.3) is 0 Å². The van der Waals surface area contributed by atoms with Crippen molar-refractivity contribution in [2.45, 2.75) is 45.5 Å². The van der Waals surface area contributed by atoms with Crippen molar-refractivity contribution in [1.82, 2.24) is 0 Å². The number of phenolic OH excluding ortho intramolecular Hbond substituents is 1. The molecule has 2 aromatic rings. The molecule has 0 bridgehead atoms. The summed E-state index contributed by atoms with van der Waals surface area (Å²) in [5.41, 5.74) is -4.24. The van der Waals surface area contributed by atoms with Gasteiger partial charge in [0.15, 0.2) is 0 Å². The number of phenols is 1. The molecule has 0 unspecified atom stereocenters. The van der Waals surface area contributed by atoms with E-state index in [0.29, 0.717) is 10.0 Å². The van der Waals surface area contributed by atoms with Crippen molar-refractivity contribution in [3.63, 3.8) is 0 Å². The Morgan fingerprint density at radius 1 is 0.967 bits per heavy atom. The Labute approximate surface area is 177 Å². The summed E-state index contributed by atoms with van der Waals surface area (Å²) in [5, 5.41) is 12.5. The number of carbonyl (C=O) groups excluding carboxylic acids is 1. The molecule has 0 aliphatic rings. The lowest BCUT2D eigenvalue weighted by atomic mass is 9.84. The fourth-order valence-corrected chi connectivity index (χ4v) is 3.27. The van der Waals surface area contributed by atoms with Crippen molar-refractivity contribution in [3.8, 4) is 5.75 Å². The molecule has 164 valence electrons. The van der Waals surface area contributed by atoms with Gasteiger partial charge in [0.1, 0.15) is 5.75 Å². The fraction of sp³-hybridized carbons (Fsp3) is 0.350. The quantitative estimate of drug-likeness (QED) is 0.436. The van der Waals surface area contributed by atoms with Crippen LogP contribution in [-0.2, 0) is 17.8 Å². The Bertz CT molecular complexity index is 991. The SMILES string of the molecule is Cc1c(Br)cc(C(C)(C)C)c(O)c1C(=O)Nc1cc(C(F)(F)F)ccc1C(F)(F)F. The number of nitrogens with one attached hydrogen (secondary N) is 1. The number of carbonyl (C=O) groups is 1. The number of alkyl halides is 6. The molecule has 0 radical (unpaired) electrons. The molecule has 2 rings (SSSR count). The number of halogens is 7. The Balaban J connectivity index is 2.64. The molecule has 0 saturated carbocycles. The Morgan fingerprint density at radius 3 is 2.00 bits per heavy atom. The lowest BCUT2D eigenvalue weighted by Crippen LogP contribution is -2.21. The van der Waals surface area contributed by atoms with Crippen molar-refractivity contribution < 1.29 is 36.2 Å². The van der Waals surface area contributed by atoms with Gasteiger partial charge < -0.3 is 10.4 Å². The van der Waals surface area contributed by atoms with Gasteiger partial charge in [-0.25, -0.2) is 0 Å². The second-order valence-electron chi connectivity index (χ2n) is 7.71. The number of anilines is 1. The molecule has 0 aliphatic carbocycles. The molecule has 0 atom stereocenters. The van der Waals surface area contributed by atoms with Crippen molar-refractivity contribution in [3.05, 3.63) is 56.6 Å². The van der Waals surface area contributed by atoms with Crippen LogP contribution in [0.1, 0.15) is 53.4 Å². The molecule has 0 heterocycles. The van der Waals surface area contributed by atoms with E-state index in [9.17, 15) is 36.2 Å². The zero-order valence-corrected chi connectivity index (χ0v) is 17.9. The normalized spacial score (nSPS) is 12.8. The molecule has 0 aliphatic heterocycles. The highest BCUT2D eigenvalue weighted by Crippen LogP contribution is 2.41. The van der Waals surface area contributed by atoms with Gasteiger partial charge in [-0.05, 0) is 42.2 Å². The molecular weight excluding hydrogens is 480 g/mol. The maximum atomic E-state index is 13.3. The standard InChI is InChI=1S/C20H18BrF6NO2/c1-9-13(21)8-12(18(2,3)4)16(29)15(9)17(30)28-14-7-10(19(22,23)24)5-6-11(14)20(25,26)27/h5-8,29H,1-4H3,(H,28,30). The topological polar surface area (TPSA) is 49.3 Å². The van der Waals surface area contributed by atoms with Crippen molar-refractivity contribution >= 4 is 27.5 Å². The van der Waals surface area contributed by atoms with E-state index in [1.165, 1.54) is 6.92 Å². The summed E-state index contributed by atoms with van der Waals surface area (Å²) < 4.78 is 79.2. The summed E-state index contributed by atoms with van der Waals surface area (Å²) in [4.78, 5) is 12.8. The van der Waals surface area contributed by atoms with E-state index in [0.717, 1.165) is 0 Å². The van der Waals surface area contributed by atoms with Crippen LogP contribution in [-0.4, -0.2) is 11.0 Å². The predicted octanol–water partition coefficient (Wildman–Crippen LogP) is 7.05. The number of hydrogen-bond acceptors (Lipinski definition) is 2. The molecular formula is C20H18BrF6NO2. The Morgan fingerprint density at radius 2 is 1.53 bits per heavy atom. The first-order valence-electron chi connectivity index (χ1n) is 8.57. The summed E-state index contributed by atoms with van der Waals surface area (Å²) in [6.07, 6.45) is -9.91. The van der Waals surface area contributed by atoms with Crippen LogP contribution in [0.15, 0.2) is 28.7 Å². The lowest BCUT2D eigenvalue weighted by Gasteiger charge is -2.24. The fourth-order valence-electron chi connectivity index (χ4n) is 2.84. The summed E-state index contributed by atoms with van der Waals surface area (Å²) in [7, 11) is 0. The van der Waals surface area contributed by atoms with Gasteiger partial charge >= 0.3 is 12.4 Å². The minimum atomic E-state index is -5.00. The molecule has 0 saturated heterocycles. The first-order chi connectivity index (χ1) is 13.4. The molecule has 2 aromatic carbocycles. The van der Waals surface area contributed by atoms with Gasteiger partial charge in [-0.2, -0.15) is 26.3 Å². The lowest BCUT2D eigenvalue weighted by molar-refractivity contribution is -0.140. The second-order valence-corrected chi connectivity index (χ2v) is 8.57. The van der Waals surface area contributed by atoms with Gasteiger partial charge in [0.25, 0.3) is 5.91 Å². The Hall–Kier alpha value is -2.23. The summed E-state index contributed by atoms with van der Waals surface area (Å²) in [6.45, 7) is 6.70. The molecule has 2 N–H and O–H groups in total. The van der Waals surface area contributed by atoms with Gasteiger partial charge in [-0.15, -0.1) is 0 Å². The van der Waals surface area contributed by atoms with E-state index in [4.69, 9.17) is 0 Å². The van der Waals surface area contributed by atoms with E-state index >= 15 is 0 Å². The predicted molar refractivity (Wildman–Crippen MR) is 104 cm³/mol. The Kier molecular flexibility index (Phi) is 6.24. The van der Waals surface area contributed by atoms with Crippen molar-refractivity contribution in [1.29, 1.82) is 0 Å². The van der Waals surface area contributed by atoms with Gasteiger partial charge in [-0.1, -0.05) is 36.7 Å². The number of hydrogen-bond donors (Lipinski definition) is 2. The number of amides is 1. The zero-order valence-electron chi connectivity index (χ0n) is 16.3. The molecule has 30 heavy (non-hydrogen) atoms. The summed E-state index contributed by atoms with van der Waals surface area (Å²) in [5.74, 6) is -1.62. The monoisotopic (exact) mass is 497 g/mol. The number of benzene rings is 2. The van der Waals surface area contributed by atoms with Gasteiger partial charge in [-0.3, -0.25) is 4.79 Å². The maximum Gasteiger partial charge on any atom is 0.418 e. The average Bonchev–Trinajstić information content (AvgIpc) is 2.55. The van der Waals surface area contributed by atoms with Crippen molar-refractivity contribution in [2.24, 2.45) is 0 Å². The van der Waals surface area contributed by atoms with E-state index < -0.39 is 46.2 Å². The first kappa shape index (κ1) is 24.0. The minimum absolute atomic E-state index is 0.218. The molecule has 3 nitrogen and oxygen atoms in total. The second kappa shape index (κ2) is 7.79. The van der Waals surface area contributed by atoms with Crippen LogP contribution in [0.4, 0.5) is 32.0 Å². The largest absolute Gasteiger partial charge is 0.507 e. The van der Waals surface area contributed by atoms with E-state index in [1.807, 2.05) is 5.32 Å². The van der Waals surface area contributed by atoms with Crippen LogP contribution >= 0.6 is 15.9 Å². The molecule has 10 heteroatoms. The highest BCUT2D eigenvalue weighted by molar-refractivity contribution is 9.10. The van der Waals surface area contributed by atoms with E-state index in [2.05, 4.69) is 15.9 Å². The van der Waals surface area contributed by atoms with Crippen LogP contribution in [0, 0.1) is 6.92 Å². The van der Waals surface area contributed by atoms with Crippen LogP contribution < -0.4 is 5.32 Å².